The molecule has 0 aliphatic carbocycles. The standard InChI is InChI=1S/C19H19N3O4S/c1-12-4-9-17(13(2)10-12)20-19(23)15-5-7-16(8-6-15)27(24,25)22-18-11-14(3)26-21-18/h4-11H,1-3H3,(H,20,23)(H,21,22). The topological polar surface area (TPSA) is 101 Å². The molecule has 1 heterocycles. The van der Waals surface area contributed by atoms with Gasteiger partial charge in [-0.05, 0) is 56.7 Å². The molecule has 0 saturated heterocycles. The highest BCUT2D eigenvalue weighted by atomic mass is 32.2. The van der Waals surface area contributed by atoms with E-state index in [1.807, 2.05) is 32.0 Å². The van der Waals surface area contributed by atoms with Gasteiger partial charge in [0.15, 0.2) is 5.82 Å². The van der Waals surface area contributed by atoms with E-state index in [1.165, 1.54) is 30.3 Å². The molecule has 1 amide bonds. The maximum Gasteiger partial charge on any atom is 0.263 e. The van der Waals surface area contributed by atoms with Gasteiger partial charge in [0.25, 0.3) is 15.9 Å². The van der Waals surface area contributed by atoms with Gasteiger partial charge in [-0.25, -0.2) is 8.42 Å². The van der Waals surface area contributed by atoms with Crippen molar-refractivity contribution >= 4 is 27.4 Å². The number of carbonyl (C=O) groups excluding carboxylic acids is 1. The van der Waals surface area contributed by atoms with Crippen LogP contribution in [0.3, 0.4) is 0 Å². The van der Waals surface area contributed by atoms with Gasteiger partial charge in [0.2, 0.25) is 0 Å². The fourth-order valence-corrected chi connectivity index (χ4v) is 3.53. The second-order valence-corrected chi connectivity index (χ2v) is 7.91. The molecule has 0 saturated carbocycles. The molecule has 3 aromatic rings. The summed E-state index contributed by atoms with van der Waals surface area (Å²) in [6, 6.07) is 12.9. The van der Waals surface area contributed by atoms with Crippen molar-refractivity contribution < 1.29 is 17.7 Å². The average Bonchev–Trinajstić information content (AvgIpc) is 3.01. The molecule has 0 unspecified atom stereocenters. The van der Waals surface area contributed by atoms with Gasteiger partial charge in [0, 0.05) is 17.3 Å². The molecule has 1 aromatic heterocycles. The average molecular weight is 385 g/mol. The highest BCUT2D eigenvalue weighted by Crippen LogP contribution is 2.19. The van der Waals surface area contributed by atoms with E-state index >= 15 is 0 Å². The molecular formula is C19H19N3O4S. The largest absolute Gasteiger partial charge is 0.360 e. The minimum Gasteiger partial charge on any atom is -0.360 e. The number of anilines is 2. The highest BCUT2D eigenvalue weighted by molar-refractivity contribution is 7.92. The van der Waals surface area contributed by atoms with Crippen molar-refractivity contribution in [1.29, 1.82) is 0 Å². The summed E-state index contributed by atoms with van der Waals surface area (Å²) in [6.45, 7) is 5.55. The second kappa shape index (κ2) is 7.24. The Bertz CT molecular complexity index is 1090. The number of nitrogens with one attached hydrogen (secondary N) is 2. The zero-order valence-electron chi connectivity index (χ0n) is 15.1. The van der Waals surface area contributed by atoms with Gasteiger partial charge < -0.3 is 9.84 Å². The molecule has 0 aliphatic heterocycles. The van der Waals surface area contributed by atoms with Crippen LogP contribution in [0.15, 0.2) is 57.9 Å². The van der Waals surface area contributed by atoms with E-state index in [9.17, 15) is 13.2 Å². The summed E-state index contributed by atoms with van der Waals surface area (Å²) >= 11 is 0. The minimum atomic E-state index is -3.82. The van der Waals surface area contributed by atoms with Crippen molar-refractivity contribution in [1.82, 2.24) is 5.16 Å². The summed E-state index contributed by atoms with van der Waals surface area (Å²) in [5.41, 5.74) is 3.13. The van der Waals surface area contributed by atoms with Crippen molar-refractivity contribution in [2.45, 2.75) is 25.7 Å². The lowest BCUT2D eigenvalue weighted by atomic mass is 10.1. The number of hydrogen-bond donors (Lipinski definition) is 2. The summed E-state index contributed by atoms with van der Waals surface area (Å²) in [5, 5.41) is 6.43. The third-order valence-corrected chi connectivity index (χ3v) is 5.29. The van der Waals surface area contributed by atoms with E-state index in [2.05, 4.69) is 15.2 Å². The lowest BCUT2D eigenvalue weighted by molar-refractivity contribution is 0.102. The predicted molar refractivity (Wildman–Crippen MR) is 102 cm³/mol. The first-order valence-electron chi connectivity index (χ1n) is 8.19. The molecule has 3 rings (SSSR count). The van der Waals surface area contributed by atoms with Gasteiger partial charge in [0.05, 0.1) is 4.90 Å². The quantitative estimate of drug-likeness (QED) is 0.698. The summed E-state index contributed by atoms with van der Waals surface area (Å²) in [7, 11) is -3.82. The molecule has 0 radical (unpaired) electrons. The molecule has 0 fully saturated rings. The lowest BCUT2D eigenvalue weighted by Crippen LogP contribution is -2.15. The molecule has 140 valence electrons. The van der Waals surface area contributed by atoms with E-state index in [1.54, 1.807) is 6.92 Å². The Morgan fingerprint density at radius 3 is 2.30 bits per heavy atom. The number of rotatable bonds is 5. The molecule has 0 spiro atoms. The Kier molecular flexibility index (Phi) is 5.00. The van der Waals surface area contributed by atoms with Crippen molar-refractivity contribution in [3.05, 3.63) is 71.0 Å². The maximum absolute atomic E-state index is 12.4. The molecule has 27 heavy (non-hydrogen) atoms. The number of amides is 1. The van der Waals surface area contributed by atoms with Crippen LogP contribution in [0.5, 0.6) is 0 Å². The number of hydrogen-bond acceptors (Lipinski definition) is 5. The molecule has 8 heteroatoms. The Morgan fingerprint density at radius 2 is 1.70 bits per heavy atom. The molecular weight excluding hydrogens is 366 g/mol. The van der Waals surface area contributed by atoms with Crippen LogP contribution in [0.1, 0.15) is 27.2 Å². The number of sulfonamides is 1. The van der Waals surface area contributed by atoms with Crippen LogP contribution in [-0.4, -0.2) is 19.5 Å². The van der Waals surface area contributed by atoms with Crippen molar-refractivity contribution in [3.63, 3.8) is 0 Å². The van der Waals surface area contributed by atoms with Crippen LogP contribution < -0.4 is 10.0 Å². The van der Waals surface area contributed by atoms with E-state index < -0.39 is 10.0 Å². The normalized spacial score (nSPS) is 11.2. The van der Waals surface area contributed by atoms with Crippen molar-refractivity contribution in [3.8, 4) is 0 Å². The van der Waals surface area contributed by atoms with Crippen LogP contribution in [0.4, 0.5) is 11.5 Å². The first-order chi connectivity index (χ1) is 12.7. The molecule has 0 atom stereocenters. The number of nitrogens with zero attached hydrogens (tertiary/aromatic N) is 1. The van der Waals surface area contributed by atoms with E-state index in [4.69, 9.17) is 4.52 Å². The van der Waals surface area contributed by atoms with E-state index in [-0.39, 0.29) is 16.6 Å². The van der Waals surface area contributed by atoms with Crippen molar-refractivity contribution in [2.75, 3.05) is 10.0 Å². The first-order valence-corrected chi connectivity index (χ1v) is 9.68. The zero-order valence-corrected chi connectivity index (χ0v) is 15.9. The molecule has 0 bridgehead atoms. The molecule has 2 aromatic carbocycles. The highest BCUT2D eigenvalue weighted by Gasteiger charge is 2.17. The van der Waals surface area contributed by atoms with Crippen LogP contribution in [0, 0.1) is 20.8 Å². The molecule has 7 nitrogen and oxygen atoms in total. The van der Waals surface area contributed by atoms with E-state index in [0.29, 0.717) is 17.0 Å². The van der Waals surface area contributed by atoms with Crippen LogP contribution in [0.25, 0.3) is 0 Å². The van der Waals surface area contributed by atoms with Crippen LogP contribution >= 0.6 is 0 Å². The van der Waals surface area contributed by atoms with Gasteiger partial charge in [0.1, 0.15) is 5.76 Å². The monoisotopic (exact) mass is 385 g/mol. The lowest BCUT2D eigenvalue weighted by Gasteiger charge is -2.10. The number of carbonyl (C=O) groups is 1. The Balaban J connectivity index is 1.75. The Hall–Kier alpha value is -3.13. The van der Waals surface area contributed by atoms with Gasteiger partial charge >= 0.3 is 0 Å². The summed E-state index contributed by atoms with van der Waals surface area (Å²) in [6.07, 6.45) is 0. The third-order valence-electron chi connectivity index (χ3n) is 3.92. The predicted octanol–water partition coefficient (Wildman–Crippen LogP) is 3.65. The van der Waals surface area contributed by atoms with Crippen LogP contribution in [-0.2, 0) is 10.0 Å². The summed E-state index contributed by atoms with van der Waals surface area (Å²) in [4.78, 5) is 12.4. The van der Waals surface area contributed by atoms with Gasteiger partial charge in [-0.3, -0.25) is 9.52 Å². The van der Waals surface area contributed by atoms with Crippen molar-refractivity contribution in [2.24, 2.45) is 0 Å². The fraction of sp³-hybridized carbons (Fsp3) is 0.158. The third kappa shape index (κ3) is 4.35. The second-order valence-electron chi connectivity index (χ2n) is 6.23. The summed E-state index contributed by atoms with van der Waals surface area (Å²) < 4.78 is 31.9. The van der Waals surface area contributed by atoms with Gasteiger partial charge in [-0.2, -0.15) is 0 Å². The number of aryl methyl sites for hydroxylation is 3. The SMILES string of the molecule is Cc1ccc(NC(=O)c2ccc(S(=O)(=O)Nc3cc(C)on3)cc2)c(C)c1. The molecule has 0 aliphatic rings. The smallest absolute Gasteiger partial charge is 0.263 e. The van der Waals surface area contributed by atoms with Crippen LogP contribution in [0.2, 0.25) is 0 Å². The summed E-state index contributed by atoms with van der Waals surface area (Å²) in [5.74, 6) is 0.279. The zero-order chi connectivity index (χ0) is 19.6. The fourth-order valence-electron chi connectivity index (χ4n) is 2.54. The first kappa shape index (κ1) is 18.7. The van der Waals surface area contributed by atoms with E-state index in [0.717, 1.165) is 11.1 Å². The molecule has 2 N–H and O–H groups in total. The minimum absolute atomic E-state index is 0.0196. The number of aromatic nitrogens is 1. The Morgan fingerprint density at radius 1 is 1.00 bits per heavy atom. The number of benzene rings is 2. The van der Waals surface area contributed by atoms with Gasteiger partial charge in [-0.15, -0.1) is 0 Å². The maximum atomic E-state index is 12.4. The Labute approximate surface area is 157 Å². The van der Waals surface area contributed by atoms with Gasteiger partial charge in [-0.1, -0.05) is 22.9 Å².